The molecule has 2 atom stereocenters. The number of fused-ring (bicyclic) bond motifs is 2. The van der Waals surface area contributed by atoms with Gasteiger partial charge in [0.05, 0.1) is 6.04 Å². The Labute approximate surface area is 144 Å². The smallest absolute Gasteiger partial charge is 0.264 e. The Morgan fingerprint density at radius 3 is 3.13 bits per heavy atom. The Hall–Kier alpha value is -1.52. The first-order chi connectivity index (χ1) is 11.2. The Bertz CT molecular complexity index is 757. The lowest BCUT2D eigenvalue weighted by Crippen LogP contribution is -2.46. The minimum Gasteiger partial charge on any atom is -0.480 e. The van der Waals surface area contributed by atoms with Crippen molar-refractivity contribution in [2.75, 3.05) is 6.54 Å². The second-order valence-electron chi connectivity index (χ2n) is 6.07. The maximum absolute atomic E-state index is 13.0. The van der Waals surface area contributed by atoms with E-state index in [0.717, 1.165) is 30.7 Å². The van der Waals surface area contributed by atoms with Gasteiger partial charge in [0.25, 0.3) is 5.91 Å². The Kier molecular flexibility index (Phi) is 3.82. The van der Waals surface area contributed by atoms with Crippen LogP contribution in [0.5, 0.6) is 5.75 Å². The number of benzene rings is 1. The van der Waals surface area contributed by atoms with Crippen LogP contribution in [0.2, 0.25) is 5.02 Å². The molecule has 0 aliphatic carbocycles. The fourth-order valence-corrected chi connectivity index (χ4v) is 4.76. The molecule has 0 bridgehead atoms. The molecule has 1 aromatic heterocycles. The van der Waals surface area contributed by atoms with E-state index in [0.29, 0.717) is 11.4 Å². The molecular weight excluding hydrogens is 330 g/mol. The van der Waals surface area contributed by atoms with Gasteiger partial charge < -0.3 is 9.64 Å². The molecule has 0 saturated heterocycles. The average Bonchev–Trinajstić information content (AvgIpc) is 3.18. The molecule has 2 aromatic rings. The second-order valence-corrected chi connectivity index (χ2v) is 7.50. The van der Waals surface area contributed by atoms with Crippen molar-refractivity contribution in [1.82, 2.24) is 4.90 Å². The second kappa shape index (κ2) is 5.84. The monoisotopic (exact) mass is 347 g/mol. The normalized spacial score (nSPS) is 22.4. The largest absolute Gasteiger partial charge is 0.480 e. The zero-order valence-corrected chi connectivity index (χ0v) is 14.5. The van der Waals surface area contributed by atoms with Crippen LogP contribution in [0, 0.1) is 0 Å². The lowest BCUT2D eigenvalue weighted by molar-refractivity contribution is -0.141. The fraction of sp³-hybridized carbons (Fsp3) is 0.389. The summed E-state index contributed by atoms with van der Waals surface area (Å²) in [4.78, 5) is 16.5. The van der Waals surface area contributed by atoms with E-state index >= 15 is 0 Å². The molecule has 2 aliphatic rings. The number of carbonyl (C=O) groups excluding carboxylic acids is 1. The van der Waals surface area contributed by atoms with Crippen molar-refractivity contribution in [2.45, 2.75) is 38.3 Å². The van der Waals surface area contributed by atoms with Gasteiger partial charge >= 0.3 is 0 Å². The zero-order chi connectivity index (χ0) is 16.0. The van der Waals surface area contributed by atoms with E-state index in [-0.39, 0.29) is 11.9 Å². The lowest BCUT2D eigenvalue weighted by atomic mass is 9.96. The van der Waals surface area contributed by atoms with Gasteiger partial charge in [-0.25, -0.2) is 0 Å². The number of amides is 1. The first kappa shape index (κ1) is 15.0. The third-order valence-corrected chi connectivity index (χ3v) is 5.97. The third-order valence-electron chi connectivity index (χ3n) is 4.74. The predicted molar refractivity (Wildman–Crippen MR) is 92.3 cm³/mol. The molecule has 5 heteroatoms. The standard InChI is InChI=1S/C18H18ClNO2S/c1-2-14-13-6-8-23-17(13)5-7-20(14)18(21)16-10-11-9-12(19)3-4-15(11)22-16/h3-4,6,8-9,14,16H,2,5,7,10H2,1H3/t14-,16-/m0/s1. The average molecular weight is 348 g/mol. The maximum Gasteiger partial charge on any atom is 0.264 e. The van der Waals surface area contributed by atoms with Gasteiger partial charge in [-0.3, -0.25) is 4.79 Å². The number of hydrogen-bond donors (Lipinski definition) is 0. The Morgan fingerprint density at radius 1 is 1.43 bits per heavy atom. The number of carbonyl (C=O) groups is 1. The SMILES string of the molecule is CC[C@H]1c2ccsc2CCN1C(=O)[C@@H]1Cc2cc(Cl)ccc2O1. The van der Waals surface area contributed by atoms with Crippen LogP contribution in [0.15, 0.2) is 29.6 Å². The van der Waals surface area contributed by atoms with Crippen LogP contribution < -0.4 is 4.74 Å². The summed E-state index contributed by atoms with van der Waals surface area (Å²) in [7, 11) is 0. The zero-order valence-electron chi connectivity index (χ0n) is 12.9. The molecule has 0 spiro atoms. The van der Waals surface area contributed by atoms with Gasteiger partial charge in [-0.05, 0) is 53.6 Å². The van der Waals surface area contributed by atoms with Crippen molar-refractivity contribution in [2.24, 2.45) is 0 Å². The van der Waals surface area contributed by atoms with Crippen molar-refractivity contribution in [3.8, 4) is 5.75 Å². The highest BCUT2D eigenvalue weighted by Crippen LogP contribution is 2.37. The van der Waals surface area contributed by atoms with Crippen LogP contribution in [0.25, 0.3) is 0 Å². The number of rotatable bonds is 2. The summed E-state index contributed by atoms with van der Waals surface area (Å²) in [5, 5.41) is 2.82. The molecule has 4 rings (SSSR count). The van der Waals surface area contributed by atoms with Crippen LogP contribution in [-0.4, -0.2) is 23.5 Å². The van der Waals surface area contributed by atoms with Gasteiger partial charge in [-0.2, -0.15) is 0 Å². The van der Waals surface area contributed by atoms with E-state index in [1.165, 1.54) is 10.4 Å². The highest BCUT2D eigenvalue weighted by atomic mass is 35.5. The molecule has 3 nitrogen and oxygen atoms in total. The molecule has 1 amide bonds. The van der Waals surface area contributed by atoms with Crippen molar-refractivity contribution in [3.63, 3.8) is 0 Å². The molecule has 3 heterocycles. The first-order valence-electron chi connectivity index (χ1n) is 7.99. The molecule has 0 fully saturated rings. The lowest BCUT2D eigenvalue weighted by Gasteiger charge is -2.36. The van der Waals surface area contributed by atoms with E-state index < -0.39 is 6.10 Å². The number of nitrogens with zero attached hydrogens (tertiary/aromatic N) is 1. The minimum atomic E-state index is -0.419. The maximum atomic E-state index is 13.0. The predicted octanol–water partition coefficient (Wildman–Crippen LogP) is 4.24. The van der Waals surface area contributed by atoms with Gasteiger partial charge in [-0.1, -0.05) is 18.5 Å². The van der Waals surface area contributed by atoms with Crippen LogP contribution in [0.3, 0.4) is 0 Å². The van der Waals surface area contributed by atoms with Crippen LogP contribution in [-0.2, 0) is 17.6 Å². The number of thiophene rings is 1. The molecule has 0 saturated carbocycles. The summed E-state index contributed by atoms with van der Waals surface area (Å²) in [6.07, 6.45) is 2.07. The van der Waals surface area contributed by atoms with Crippen LogP contribution >= 0.6 is 22.9 Å². The molecule has 0 unspecified atom stereocenters. The topological polar surface area (TPSA) is 29.5 Å². The quantitative estimate of drug-likeness (QED) is 0.813. The molecule has 23 heavy (non-hydrogen) atoms. The molecule has 2 aliphatic heterocycles. The van der Waals surface area contributed by atoms with Crippen molar-refractivity contribution in [1.29, 1.82) is 0 Å². The highest BCUT2D eigenvalue weighted by molar-refractivity contribution is 7.10. The number of halogens is 1. The highest BCUT2D eigenvalue weighted by Gasteiger charge is 2.37. The van der Waals surface area contributed by atoms with Gasteiger partial charge in [0.15, 0.2) is 6.10 Å². The van der Waals surface area contributed by atoms with Crippen molar-refractivity contribution >= 4 is 28.8 Å². The first-order valence-corrected chi connectivity index (χ1v) is 9.25. The number of hydrogen-bond acceptors (Lipinski definition) is 3. The minimum absolute atomic E-state index is 0.0982. The van der Waals surface area contributed by atoms with Gasteiger partial charge in [-0.15, -0.1) is 11.3 Å². The van der Waals surface area contributed by atoms with Gasteiger partial charge in [0, 0.05) is 22.9 Å². The van der Waals surface area contributed by atoms with E-state index in [4.69, 9.17) is 16.3 Å². The van der Waals surface area contributed by atoms with E-state index in [2.05, 4.69) is 18.4 Å². The summed E-state index contributed by atoms with van der Waals surface area (Å²) < 4.78 is 5.89. The van der Waals surface area contributed by atoms with Crippen LogP contribution in [0.4, 0.5) is 0 Å². The Morgan fingerprint density at radius 2 is 2.30 bits per heavy atom. The summed E-state index contributed by atoms with van der Waals surface area (Å²) in [6, 6.07) is 7.90. The Balaban J connectivity index is 1.56. The van der Waals surface area contributed by atoms with Crippen molar-refractivity contribution < 1.29 is 9.53 Å². The van der Waals surface area contributed by atoms with Gasteiger partial charge in [0.2, 0.25) is 0 Å². The van der Waals surface area contributed by atoms with Crippen molar-refractivity contribution in [3.05, 3.63) is 50.7 Å². The molecule has 120 valence electrons. The van der Waals surface area contributed by atoms with E-state index in [9.17, 15) is 4.79 Å². The fourth-order valence-electron chi connectivity index (χ4n) is 3.64. The molecule has 1 aromatic carbocycles. The van der Waals surface area contributed by atoms with Crippen LogP contribution in [0.1, 0.15) is 35.4 Å². The number of ether oxygens (including phenoxy) is 1. The summed E-state index contributed by atoms with van der Waals surface area (Å²) >= 11 is 7.84. The molecule has 0 radical (unpaired) electrons. The third kappa shape index (κ3) is 2.54. The molecular formula is C18H18ClNO2S. The van der Waals surface area contributed by atoms with E-state index in [1.54, 1.807) is 17.4 Å². The van der Waals surface area contributed by atoms with E-state index in [1.807, 2.05) is 17.0 Å². The summed E-state index contributed by atoms with van der Waals surface area (Å²) in [5.74, 6) is 0.884. The van der Waals surface area contributed by atoms with Gasteiger partial charge in [0.1, 0.15) is 5.75 Å². The summed E-state index contributed by atoms with van der Waals surface area (Å²) in [6.45, 7) is 2.92. The summed E-state index contributed by atoms with van der Waals surface area (Å²) in [5.41, 5.74) is 2.34. The molecule has 0 N–H and O–H groups in total.